The lowest BCUT2D eigenvalue weighted by molar-refractivity contribution is 1.16. The van der Waals surface area contributed by atoms with Crippen LogP contribution < -0.4 is 16.4 Å². The number of nitroso groups, excluding NO2 is 1. The van der Waals surface area contributed by atoms with Crippen LogP contribution in [0.5, 0.6) is 0 Å². The van der Waals surface area contributed by atoms with Crippen molar-refractivity contribution >= 4 is 29.0 Å². The molecule has 0 aliphatic rings. The zero-order valence-corrected chi connectivity index (χ0v) is 9.71. The first-order valence-electron chi connectivity index (χ1n) is 5.25. The molecule has 1 aromatic carbocycles. The number of anilines is 4. The van der Waals surface area contributed by atoms with Gasteiger partial charge in [0.2, 0.25) is 5.95 Å². The van der Waals surface area contributed by atoms with Crippen molar-refractivity contribution in [1.29, 1.82) is 0 Å². The Kier molecular flexibility index (Phi) is 3.33. The SMILES string of the molecule is CNc1nc(N)nc(Nc2ccccc2)c1N=O. The first-order valence-corrected chi connectivity index (χ1v) is 5.25. The highest BCUT2D eigenvalue weighted by molar-refractivity contribution is 5.78. The minimum atomic E-state index is 0.0604. The van der Waals surface area contributed by atoms with Gasteiger partial charge < -0.3 is 16.4 Å². The van der Waals surface area contributed by atoms with Gasteiger partial charge in [0.25, 0.3) is 0 Å². The van der Waals surface area contributed by atoms with Gasteiger partial charge in [-0.1, -0.05) is 18.2 Å². The minimum Gasteiger partial charge on any atom is -0.371 e. The first-order chi connectivity index (χ1) is 8.74. The van der Waals surface area contributed by atoms with Gasteiger partial charge >= 0.3 is 0 Å². The maximum Gasteiger partial charge on any atom is 0.224 e. The summed E-state index contributed by atoms with van der Waals surface area (Å²) in [5.41, 5.74) is 6.44. The van der Waals surface area contributed by atoms with Crippen molar-refractivity contribution in [3.8, 4) is 0 Å². The van der Waals surface area contributed by atoms with Crippen LogP contribution in [0.15, 0.2) is 35.5 Å². The normalized spacial score (nSPS) is 9.83. The lowest BCUT2D eigenvalue weighted by atomic mass is 10.3. The van der Waals surface area contributed by atoms with E-state index in [0.29, 0.717) is 0 Å². The van der Waals surface area contributed by atoms with E-state index in [-0.39, 0.29) is 23.3 Å². The van der Waals surface area contributed by atoms with Crippen molar-refractivity contribution in [2.75, 3.05) is 23.4 Å². The number of para-hydroxylation sites is 1. The number of hydrogen-bond acceptors (Lipinski definition) is 7. The quantitative estimate of drug-likeness (QED) is 0.712. The second kappa shape index (κ2) is 5.09. The molecular weight excluding hydrogens is 232 g/mol. The third kappa shape index (κ3) is 2.34. The van der Waals surface area contributed by atoms with Gasteiger partial charge in [-0.3, -0.25) is 0 Å². The van der Waals surface area contributed by atoms with Crippen LogP contribution in [0.1, 0.15) is 0 Å². The Balaban J connectivity index is 2.43. The summed E-state index contributed by atoms with van der Waals surface area (Å²) in [5.74, 6) is 0.620. The zero-order valence-electron chi connectivity index (χ0n) is 9.71. The van der Waals surface area contributed by atoms with Gasteiger partial charge in [-0.25, -0.2) is 0 Å². The van der Waals surface area contributed by atoms with Crippen molar-refractivity contribution in [3.05, 3.63) is 35.2 Å². The molecule has 0 spiro atoms. The largest absolute Gasteiger partial charge is 0.371 e. The lowest BCUT2D eigenvalue weighted by Gasteiger charge is -2.10. The van der Waals surface area contributed by atoms with Gasteiger partial charge in [0.15, 0.2) is 17.3 Å². The fraction of sp³-hybridized carbons (Fsp3) is 0.0909. The number of hydrogen-bond donors (Lipinski definition) is 3. The van der Waals surface area contributed by atoms with Crippen molar-refractivity contribution in [2.24, 2.45) is 5.18 Å². The number of rotatable bonds is 4. The number of nitrogen functional groups attached to an aromatic ring is 1. The van der Waals surface area contributed by atoms with Crippen LogP contribution in [0, 0.1) is 4.91 Å². The fourth-order valence-electron chi connectivity index (χ4n) is 1.48. The summed E-state index contributed by atoms with van der Waals surface area (Å²) in [6.07, 6.45) is 0. The van der Waals surface area contributed by atoms with Gasteiger partial charge in [-0.15, -0.1) is 4.91 Å². The second-order valence-electron chi connectivity index (χ2n) is 3.46. The van der Waals surface area contributed by atoms with E-state index < -0.39 is 0 Å². The summed E-state index contributed by atoms with van der Waals surface area (Å²) in [5, 5.41) is 8.65. The molecule has 1 aromatic heterocycles. The molecule has 0 aliphatic heterocycles. The molecule has 0 aliphatic carbocycles. The van der Waals surface area contributed by atoms with Crippen molar-refractivity contribution in [3.63, 3.8) is 0 Å². The van der Waals surface area contributed by atoms with E-state index in [2.05, 4.69) is 25.8 Å². The first kappa shape index (κ1) is 11.8. The summed E-state index contributed by atoms with van der Waals surface area (Å²) in [6, 6.07) is 9.29. The molecule has 0 saturated carbocycles. The summed E-state index contributed by atoms with van der Waals surface area (Å²) < 4.78 is 0. The molecule has 4 N–H and O–H groups in total. The molecule has 7 heteroatoms. The Labute approximate surface area is 103 Å². The van der Waals surface area contributed by atoms with E-state index in [1.54, 1.807) is 7.05 Å². The van der Waals surface area contributed by atoms with Crippen molar-refractivity contribution in [2.45, 2.75) is 0 Å². The highest BCUT2D eigenvalue weighted by atomic mass is 16.3. The van der Waals surface area contributed by atoms with E-state index in [4.69, 9.17) is 5.73 Å². The summed E-state index contributed by atoms with van der Waals surface area (Å²) >= 11 is 0. The molecule has 18 heavy (non-hydrogen) atoms. The Morgan fingerprint density at radius 1 is 1.17 bits per heavy atom. The molecule has 0 bridgehead atoms. The second-order valence-corrected chi connectivity index (χ2v) is 3.46. The Hall–Kier alpha value is -2.70. The molecule has 7 nitrogen and oxygen atoms in total. The smallest absolute Gasteiger partial charge is 0.224 e. The predicted molar refractivity (Wildman–Crippen MR) is 71.2 cm³/mol. The monoisotopic (exact) mass is 244 g/mol. The molecule has 0 saturated heterocycles. The van der Waals surface area contributed by atoms with Crippen LogP contribution in [-0.2, 0) is 0 Å². The topological polar surface area (TPSA) is 105 Å². The number of nitrogens with zero attached hydrogens (tertiary/aromatic N) is 3. The van der Waals surface area contributed by atoms with Crippen LogP contribution in [0.25, 0.3) is 0 Å². The molecule has 0 amide bonds. The molecule has 92 valence electrons. The number of benzene rings is 1. The summed E-state index contributed by atoms with van der Waals surface area (Å²) in [7, 11) is 1.63. The summed E-state index contributed by atoms with van der Waals surface area (Å²) in [4.78, 5) is 18.7. The predicted octanol–water partition coefficient (Wildman–Crippen LogP) is 2.24. The van der Waals surface area contributed by atoms with E-state index in [1.165, 1.54) is 0 Å². The zero-order chi connectivity index (χ0) is 13.0. The third-order valence-corrected chi connectivity index (χ3v) is 2.27. The molecule has 1 heterocycles. The summed E-state index contributed by atoms with van der Waals surface area (Å²) in [6.45, 7) is 0. The number of nitrogens with two attached hydrogens (primary N) is 1. The van der Waals surface area contributed by atoms with Crippen LogP contribution in [-0.4, -0.2) is 17.0 Å². The van der Waals surface area contributed by atoms with Gasteiger partial charge in [0, 0.05) is 12.7 Å². The molecule has 2 aromatic rings. The van der Waals surface area contributed by atoms with Gasteiger partial charge in [0.05, 0.1) is 0 Å². The minimum absolute atomic E-state index is 0.0604. The fourth-order valence-corrected chi connectivity index (χ4v) is 1.48. The van der Waals surface area contributed by atoms with E-state index >= 15 is 0 Å². The molecule has 0 unspecified atom stereocenters. The average molecular weight is 244 g/mol. The van der Waals surface area contributed by atoms with Crippen LogP contribution in [0.2, 0.25) is 0 Å². The van der Waals surface area contributed by atoms with Crippen molar-refractivity contribution in [1.82, 2.24) is 9.97 Å². The Bertz CT molecular complexity index is 557. The maximum atomic E-state index is 10.9. The highest BCUT2D eigenvalue weighted by Gasteiger charge is 2.13. The van der Waals surface area contributed by atoms with Crippen LogP contribution >= 0.6 is 0 Å². The van der Waals surface area contributed by atoms with Gasteiger partial charge in [-0.05, 0) is 17.3 Å². The van der Waals surface area contributed by atoms with E-state index in [0.717, 1.165) is 5.69 Å². The van der Waals surface area contributed by atoms with Gasteiger partial charge in [-0.2, -0.15) is 9.97 Å². The standard InChI is InChI=1S/C11H12N6O/c1-13-9-8(17-18)10(16-11(12)15-9)14-7-5-3-2-4-6-7/h2-6H,1H3,(H4,12,13,14,15,16). The molecule has 0 radical (unpaired) electrons. The maximum absolute atomic E-state index is 10.9. The third-order valence-electron chi connectivity index (χ3n) is 2.27. The van der Waals surface area contributed by atoms with E-state index in [9.17, 15) is 4.91 Å². The van der Waals surface area contributed by atoms with Crippen molar-refractivity contribution < 1.29 is 0 Å². The molecule has 0 atom stereocenters. The number of aromatic nitrogens is 2. The van der Waals surface area contributed by atoms with E-state index in [1.807, 2.05) is 30.3 Å². The molecule has 0 fully saturated rings. The number of nitrogens with one attached hydrogen (secondary N) is 2. The Morgan fingerprint density at radius 2 is 1.83 bits per heavy atom. The highest BCUT2D eigenvalue weighted by Crippen LogP contribution is 2.32. The Morgan fingerprint density at radius 3 is 2.44 bits per heavy atom. The van der Waals surface area contributed by atoms with Crippen LogP contribution in [0.3, 0.4) is 0 Å². The van der Waals surface area contributed by atoms with Crippen LogP contribution in [0.4, 0.5) is 29.0 Å². The average Bonchev–Trinajstić information content (AvgIpc) is 2.39. The van der Waals surface area contributed by atoms with Gasteiger partial charge in [0.1, 0.15) is 0 Å². The molecular formula is C11H12N6O. The molecule has 2 rings (SSSR count). The lowest BCUT2D eigenvalue weighted by Crippen LogP contribution is -2.04.